The van der Waals surface area contributed by atoms with Crippen LogP contribution >= 0.6 is 11.6 Å². The number of ether oxygens (including phenoxy) is 1. The van der Waals surface area contributed by atoms with E-state index in [1.165, 1.54) is 19.3 Å². The van der Waals surface area contributed by atoms with E-state index >= 15 is 0 Å². The van der Waals surface area contributed by atoms with Gasteiger partial charge in [-0.3, -0.25) is 0 Å². The zero-order valence-corrected chi connectivity index (χ0v) is 9.14. The molecule has 0 fully saturated rings. The molecule has 0 amide bonds. The van der Waals surface area contributed by atoms with Crippen LogP contribution in [-0.2, 0) is 9.53 Å². The lowest BCUT2D eigenvalue weighted by atomic mass is 10.1. The van der Waals surface area contributed by atoms with Crippen LogP contribution in [0.4, 0.5) is 4.39 Å². The van der Waals surface area contributed by atoms with Crippen LogP contribution in [0.3, 0.4) is 0 Å². The van der Waals surface area contributed by atoms with Gasteiger partial charge in [-0.1, -0.05) is 11.6 Å². The van der Waals surface area contributed by atoms with E-state index in [1.54, 1.807) is 13.0 Å². The third-order valence-corrected chi connectivity index (χ3v) is 2.29. The van der Waals surface area contributed by atoms with Gasteiger partial charge in [0.25, 0.3) is 0 Å². The Hall–Kier alpha value is -1.35. The molecule has 0 saturated heterocycles. The molecule has 0 saturated carbocycles. The van der Waals surface area contributed by atoms with Gasteiger partial charge in [-0.15, -0.1) is 0 Å². The Morgan fingerprint density at radius 3 is 2.80 bits per heavy atom. The summed E-state index contributed by atoms with van der Waals surface area (Å²) in [7, 11) is 1.26. The van der Waals surface area contributed by atoms with Crippen molar-refractivity contribution in [3.63, 3.8) is 0 Å². The topological polar surface area (TPSA) is 26.3 Å². The highest BCUT2D eigenvalue weighted by Crippen LogP contribution is 2.20. The Bertz CT molecular complexity index is 413. The van der Waals surface area contributed by atoms with E-state index in [9.17, 15) is 9.18 Å². The summed E-state index contributed by atoms with van der Waals surface area (Å²) in [6.45, 7) is 1.76. The molecule has 1 aromatic carbocycles. The van der Waals surface area contributed by atoms with E-state index in [2.05, 4.69) is 4.74 Å². The van der Waals surface area contributed by atoms with Gasteiger partial charge in [0.2, 0.25) is 0 Å². The van der Waals surface area contributed by atoms with Gasteiger partial charge < -0.3 is 4.74 Å². The number of esters is 1. The van der Waals surface area contributed by atoms with Crippen molar-refractivity contribution in [1.82, 2.24) is 0 Å². The average molecular weight is 229 g/mol. The van der Waals surface area contributed by atoms with E-state index in [-0.39, 0.29) is 0 Å². The second-order valence-corrected chi connectivity index (χ2v) is 3.39. The van der Waals surface area contributed by atoms with Crippen molar-refractivity contribution in [2.24, 2.45) is 0 Å². The summed E-state index contributed by atoms with van der Waals surface area (Å²) in [5.74, 6) is -0.993. The summed E-state index contributed by atoms with van der Waals surface area (Å²) in [6, 6.07) is 2.78. The van der Waals surface area contributed by atoms with Crippen LogP contribution in [-0.4, -0.2) is 13.1 Å². The minimum atomic E-state index is -0.526. The second-order valence-electron chi connectivity index (χ2n) is 2.98. The lowest BCUT2D eigenvalue weighted by Crippen LogP contribution is -1.94. The third kappa shape index (κ3) is 3.06. The normalized spacial score (nSPS) is 10.7. The summed E-state index contributed by atoms with van der Waals surface area (Å²) in [6.07, 6.45) is 2.51. The molecule has 15 heavy (non-hydrogen) atoms. The van der Waals surface area contributed by atoms with Crippen LogP contribution in [0.1, 0.15) is 11.1 Å². The minimum absolute atomic E-state index is 0.308. The number of rotatable bonds is 2. The standard InChI is InChI=1S/C11H10ClFO2/c1-7-5-8(3-4-11(14)15-2)10(13)6-9(7)12/h3-6H,1-2H3. The first-order valence-corrected chi connectivity index (χ1v) is 4.64. The number of hydrogen-bond donors (Lipinski definition) is 0. The van der Waals surface area contributed by atoms with Crippen molar-refractivity contribution in [3.8, 4) is 0 Å². The van der Waals surface area contributed by atoms with Gasteiger partial charge in [0.05, 0.1) is 7.11 Å². The van der Waals surface area contributed by atoms with E-state index in [0.717, 1.165) is 11.6 Å². The van der Waals surface area contributed by atoms with E-state index in [1.807, 2.05) is 0 Å². The minimum Gasteiger partial charge on any atom is -0.466 e. The molecule has 1 aromatic rings. The summed E-state index contributed by atoms with van der Waals surface area (Å²) in [5, 5.41) is 0.364. The van der Waals surface area contributed by atoms with Crippen molar-refractivity contribution in [2.75, 3.05) is 7.11 Å². The van der Waals surface area contributed by atoms with Crippen molar-refractivity contribution < 1.29 is 13.9 Å². The first-order valence-electron chi connectivity index (χ1n) is 4.26. The van der Waals surface area contributed by atoms with Crippen molar-refractivity contribution in [2.45, 2.75) is 6.92 Å². The van der Waals surface area contributed by atoms with Crippen molar-refractivity contribution in [1.29, 1.82) is 0 Å². The molecule has 0 radical (unpaired) electrons. The molecule has 0 N–H and O–H groups in total. The van der Waals surface area contributed by atoms with Gasteiger partial charge in [-0.05, 0) is 30.7 Å². The zero-order chi connectivity index (χ0) is 11.4. The second kappa shape index (κ2) is 4.94. The van der Waals surface area contributed by atoms with Gasteiger partial charge in [0.15, 0.2) is 0 Å². The molecule has 0 aliphatic carbocycles. The molecule has 4 heteroatoms. The van der Waals surface area contributed by atoms with Gasteiger partial charge in [-0.2, -0.15) is 0 Å². The maximum Gasteiger partial charge on any atom is 0.330 e. The highest BCUT2D eigenvalue weighted by atomic mass is 35.5. The molecule has 0 aliphatic heterocycles. The Morgan fingerprint density at radius 1 is 1.53 bits per heavy atom. The van der Waals surface area contributed by atoms with Gasteiger partial charge in [0, 0.05) is 16.7 Å². The number of halogens is 2. The number of benzene rings is 1. The molecule has 0 heterocycles. The smallest absolute Gasteiger partial charge is 0.330 e. The molecule has 0 spiro atoms. The first kappa shape index (κ1) is 11.7. The fourth-order valence-corrected chi connectivity index (χ4v) is 1.18. The monoisotopic (exact) mass is 228 g/mol. The van der Waals surface area contributed by atoms with Crippen molar-refractivity contribution >= 4 is 23.6 Å². The number of hydrogen-bond acceptors (Lipinski definition) is 2. The average Bonchev–Trinajstić information content (AvgIpc) is 2.21. The predicted octanol–water partition coefficient (Wildman–Crippen LogP) is 2.97. The van der Waals surface area contributed by atoms with Crippen LogP contribution in [0.5, 0.6) is 0 Å². The van der Waals surface area contributed by atoms with Crippen LogP contribution in [0.25, 0.3) is 6.08 Å². The molecule has 0 bridgehead atoms. The Balaban J connectivity index is 3.00. The number of carbonyl (C=O) groups is 1. The van der Waals surface area contributed by atoms with Gasteiger partial charge >= 0.3 is 5.97 Å². The fourth-order valence-electron chi connectivity index (χ4n) is 1.03. The Labute approximate surface area is 92.3 Å². The highest BCUT2D eigenvalue weighted by Gasteiger charge is 2.03. The molecule has 80 valence electrons. The van der Waals surface area contributed by atoms with E-state index in [0.29, 0.717) is 10.6 Å². The molecule has 1 rings (SSSR count). The maximum absolute atomic E-state index is 13.3. The first-order chi connectivity index (χ1) is 7.04. The van der Waals surface area contributed by atoms with Crippen LogP contribution < -0.4 is 0 Å². The summed E-state index contributed by atoms with van der Waals surface area (Å²) >= 11 is 5.72. The maximum atomic E-state index is 13.3. The molecular weight excluding hydrogens is 219 g/mol. The number of methoxy groups -OCH3 is 1. The zero-order valence-electron chi connectivity index (χ0n) is 8.38. The lowest BCUT2D eigenvalue weighted by molar-refractivity contribution is -0.134. The van der Waals surface area contributed by atoms with E-state index in [4.69, 9.17) is 11.6 Å². The number of aryl methyl sites for hydroxylation is 1. The molecular formula is C11H10ClFO2. The fraction of sp³-hybridized carbons (Fsp3) is 0.182. The summed E-state index contributed by atoms with van der Waals surface area (Å²) in [4.78, 5) is 10.8. The SMILES string of the molecule is COC(=O)C=Cc1cc(C)c(Cl)cc1F. The third-order valence-electron chi connectivity index (χ3n) is 1.88. The van der Waals surface area contributed by atoms with Crippen LogP contribution in [0.15, 0.2) is 18.2 Å². The Kier molecular flexibility index (Phi) is 3.86. The predicted molar refractivity (Wildman–Crippen MR) is 57.2 cm³/mol. The molecule has 0 aliphatic rings. The summed E-state index contributed by atoms with van der Waals surface area (Å²) < 4.78 is 17.7. The van der Waals surface area contributed by atoms with Gasteiger partial charge in [-0.25, -0.2) is 9.18 Å². The lowest BCUT2D eigenvalue weighted by Gasteiger charge is -2.01. The molecule has 2 nitrogen and oxygen atoms in total. The number of carbonyl (C=O) groups excluding carboxylic acids is 1. The molecule has 0 aromatic heterocycles. The molecule has 0 atom stereocenters. The molecule has 0 unspecified atom stereocenters. The van der Waals surface area contributed by atoms with Crippen LogP contribution in [0.2, 0.25) is 5.02 Å². The Morgan fingerprint density at radius 2 is 2.20 bits per heavy atom. The summed E-state index contributed by atoms with van der Waals surface area (Å²) in [5.41, 5.74) is 1.06. The van der Waals surface area contributed by atoms with Crippen LogP contribution in [0, 0.1) is 12.7 Å². The highest BCUT2D eigenvalue weighted by molar-refractivity contribution is 6.31. The quantitative estimate of drug-likeness (QED) is 0.575. The van der Waals surface area contributed by atoms with Crippen molar-refractivity contribution in [3.05, 3.63) is 40.2 Å². The van der Waals surface area contributed by atoms with E-state index < -0.39 is 11.8 Å². The van der Waals surface area contributed by atoms with Gasteiger partial charge in [0.1, 0.15) is 5.82 Å². The largest absolute Gasteiger partial charge is 0.466 e.